The minimum absolute atomic E-state index is 0.106. The summed E-state index contributed by atoms with van der Waals surface area (Å²) < 4.78 is 5.46. The van der Waals surface area contributed by atoms with Crippen LogP contribution in [-0.4, -0.2) is 30.0 Å². The van der Waals surface area contributed by atoms with Crippen LogP contribution in [0.5, 0.6) is 5.75 Å². The molecule has 1 aromatic rings. The molecule has 1 atom stereocenters. The third-order valence-electron chi connectivity index (χ3n) is 2.51. The molecule has 5 nitrogen and oxygen atoms in total. The van der Waals surface area contributed by atoms with E-state index in [4.69, 9.17) is 27.9 Å². The van der Waals surface area contributed by atoms with Crippen LogP contribution < -0.4 is 15.4 Å². The van der Waals surface area contributed by atoms with Gasteiger partial charge in [0.25, 0.3) is 5.91 Å². The maximum absolute atomic E-state index is 11.9. The average molecular weight is 347 g/mol. The quantitative estimate of drug-likeness (QED) is 0.861. The summed E-state index contributed by atoms with van der Waals surface area (Å²) >= 11 is 11.7. The summed E-state index contributed by atoms with van der Waals surface area (Å²) in [5, 5.41) is 6.02. The molecule has 0 aromatic heterocycles. The van der Waals surface area contributed by atoms with Crippen LogP contribution in [0.25, 0.3) is 0 Å². The van der Waals surface area contributed by atoms with Crippen LogP contribution in [0.3, 0.4) is 0 Å². The normalized spacial score (nSPS) is 12.5. The first-order valence-corrected chi connectivity index (χ1v) is 7.54. The fourth-order valence-electron chi connectivity index (χ4n) is 1.58. The molecule has 1 unspecified atom stereocenters. The molecule has 0 saturated heterocycles. The van der Waals surface area contributed by atoms with Gasteiger partial charge in [-0.2, -0.15) is 0 Å². The first kappa shape index (κ1) is 18.6. The molecule has 0 aliphatic carbocycles. The van der Waals surface area contributed by atoms with Crippen molar-refractivity contribution >= 4 is 35.0 Å². The third-order valence-corrected chi connectivity index (χ3v) is 3.25. The zero-order valence-corrected chi connectivity index (χ0v) is 14.5. The van der Waals surface area contributed by atoms with Crippen molar-refractivity contribution < 1.29 is 14.3 Å². The van der Waals surface area contributed by atoms with Gasteiger partial charge in [-0.3, -0.25) is 9.59 Å². The summed E-state index contributed by atoms with van der Waals surface area (Å²) in [6.07, 6.45) is -0.764. The van der Waals surface area contributed by atoms with Crippen molar-refractivity contribution in [2.75, 3.05) is 6.54 Å². The van der Waals surface area contributed by atoms with Gasteiger partial charge in [0.2, 0.25) is 5.91 Å². The van der Waals surface area contributed by atoms with Crippen molar-refractivity contribution in [1.29, 1.82) is 0 Å². The van der Waals surface area contributed by atoms with Gasteiger partial charge >= 0.3 is 0 Å². The van der Waals surface area contributed by atoms with Gasteiger partial charge in [0.05, 0.1) is 16.6 Å². The number of hydrogen-bond donors (Lipinski definition) is 2. The maximum Gasteiger partial charge on any atom is 0.261 e. The van der Waals surface area contributed by atoms with Crippen LogP contribution in [0.1, 0.15) is 27.7 Å². The molecular weight excluding hydrogens is 327 g/mol. The Hall–Kier alpha value is -1.46. The Morgan fingerprint density at radius 2 is 1.86 bits per heavy atom. The molecular formula is C15H20Cl2N2O3. The van der Waals surface area contributed by atoms with E-state index >= 15 is 0 Å². The number of halogens is 2. The number of hydrogen-bond acceptors (Lipinski definition) is 3. The van der Waals surface area contributed by atoms with Gasteiger partial charge in [-0.25, -0.2) is 0 Å². The Kier molecular flexibility index (Phi) is 6.50. The summed E-state index contributed by atoms with van der Waals surface area (Å²) in [6.45, 7) is 7.07. The molecule has 1 rings (SSSR count). The molecule has 0 spiro atoms. The molecule has 2 amide bonds. The first-order valence-electron chi connectivity index (χ1n) is 6.79. The lowest BCUT2D eigenvalue weighted by Gasteiger charge is -2.21. The van der Waals surface area contributed by atoms with E-state index in [1.54, 1.807) is 19.1 Å². The highest BCUT2D eigenvalue weighted by molar-refractivity contribution is 6.42. The van der Waals surface area contributed by atoms with Gasteiger partial charge < -0.3 is 15.4 Å². The Morgan fingerprint density at radius 1 is 1.23 bits per heavy atom. The number of rotatable bonds is 5. The van der Waals surface area contributed by atoms with E-state index in [0.717, 1.165) is 0 Å². The van der Waals surface area contributed by atoms with Gasteiger partial charge in [-0.05, 0) is 39.8 Å². The minimum Gasteiger partial charge on any atom is -0.481 e. The predicted molar refractivity (Wildman–Crippen MR) is 87.5 cm³/mol. The molecule has 1 aromatic carbocycles. The molecule has 0 aliphatic heterocycles. The van der Waals surface area contributed by atoms with Crippen molar-refractivity contribution in [3.8, 4) is 5.75 Å². The molecule has 0 aliphatic rings. The lowest BCUT2D eigenvalue weighted by Crippen LogP contribution is -2.47. The second-order valence-corrected chi connectivity index (χ2v) is 6.67. The van der Waals surface area contributed by atoms with Crippen molar-refractivity contribution in [2.45, 2.75) is 39.3 Å². The van der Waals surface area contributed by atoms with Crippen molar-refractivity contribution in [3.05, 3.63) is 28.2 Å². The number of nitrogens with one attached hydrogen (secondary N) is 2. The van der Waals surface area contributed by atoms with Crippen LogP contribution in [-0.2, 0) is 9.59 Å². The van der Waals surface area contributed by atoms with E-state index in [-0.39, 0.29) is 18.0 Å². The number of amides is 2. The van der Waals surface area contributed by atoms with E-state index in [0.29, 0.717) is 15.8 Å². The molecule has 0 fully saturated rings. The molecule has 0 saturated carbocycles. The van der Waals surface area contributed by atoms with E-state index < -0.39 is 12.0 Å². The van der Waals surface area contributed by atoms with Gasteiger partial charge in [-0.15, -0.1) is 0 Å². The van der Waals surface area contributed by atoms with E-state index in [1.165, 1.54) is 6.07 Å². The maximum atomic E-state index is 11.9. The summed E-state index contributed by atoms with van der Waals surface area (Å²) in [4.78, 5) is 23.5. The van der Waals surface area contributed by atoms with Gasteiger partial charge in [0.1, 0.15) is 5.75 Å². The largest absolute Gasteiger partial charge is 0.481 e. The van der Waals surface area contributed by atoms with Gasteiger partial charge in [0, 0.05) is 11.6 Å². The molecule has 0 radical (unpaired) electrons. The van der Waals surface area contributed by atoms with Gasteiger partial charge in [-0.1, -0.05) is 23.2 Å². The highest BCUT2D eigenvalue weighted by Gasteiger charge is 2.18. The standard InChI is InChI=1S/C15H20Cl2N2O3/c1-9(22-10-5-6-11(16)12(17)7-10)14(21)18-8-13(20)19-15(2,3)4/h5-7,9H,8H2,1-4H3,(H,18,21)(H,19,20). The SMILES string of the molecule is CC(Oc1ccc(Cl)c(Cl)c1)C(=O)NCC(=O)NC(C)(C)C. The monoisotopic (exact) mass is 346 g/mol. The van der Waals surface area contributed by atoms with E-state index in [1.807, 2.05) is 20.8 Å². The Bertz CT molecular complexity index is 556. The topological polar surface area (TPSA) is 67.4 Å². The average Bonchev–Trinajstić information content (AvgIpc) is 2.38. The second kappa shape index (κ2) is 7.70. The second-order valence-electron chi connectivity index (χ2n) is 5.85. The summed E-state index contributed by atoms with van der Waals surface area (Å²) in [5.41, 5.74) is -0.343. The highest BCUT2D eigenvalue weighted by atomic mass is 35.5. The summed E-state index contributed by atoms with van der Waals surface area (Å²) in [7, 11) is 0. The molecule has 7 heteroatoms. The Morgan fingerprint density at radius 3 is 2.41 bits per heavy atom. The molecule has 0 heterocycles. The Balaban J connectivity index is 2.48. The van der Waals surface area contributed by atoms with Gasteiger partial charge in [0.15, 0.2) is 6.10 Å². The number of ether oxygens (including phenoxy) is 1. The number of benzene rings is 1. The first-order chi connectivity index (χ1) is 10.1. The third kappa shape index (κ3) is 6.54. The number of carbonyl (C=O) groups is 2. The number of carbonyl (C=O) groups excluding carboxylic acids is 2. The molecule has 2 N–H and O–H groups in total. The van der Waals surface area contributed by atoms with Crippen LogP contribution in [0.15, 0.2) is 18.2 Å². The highest BCUT2D eigenvalue weighted by Crippen LogP contribution is 2.26. The van der Waals surface area contributed by atoms with Crippen LogP contribution >= 0.6 is 23.2 Å². The zero-order chi connectivity index (χ0) is 16.9. The fourth-order valence-corrected chi connectivity index (χ4v) is 1.87. The zero-order valence-electron chi connectivity index (χ0n) is 13.0. The lowest BCUT2D eigenvalue weighted by atomic mass is 10.1. The van der Waals surface area contributed by atoms with Crippen LogP contribution in [0, 0.1) is 0 Å². The minimum atomic E-state index is -0.764. The predicted octanol–water partition coefficient (Wildman–Crippen LogP) is 2.79. The van der Waals surface area contributed by atoms with Crippen molar-refractivity contribution in [3.63, 3.8) is 0 Å². The van der Waals surface area contributed by atoms with E-state index in [2.05, 4.69) is 10.6 Å². The van der Waals surface area contributed by atoms with Crippen molar-refractivity contribution in [1.82, 2.24) is 10.6 Å². The van der Waals surface area contributed by atoms with E-state index in [9.17, 15) is 9.59 Å². The van der Waals surface area contributed by atoms with Crippen LogP contribution in [0.4, 0.5) is 0 Å². The Labute approximate surface area is 140 Å². The lowest BCUT2D eigenvalue weighted by molar-refractivity contribution is -0.130. The van der Waals surface area contributed by atoms with Crippen molar-refractivity contribution in [2.24, 2.45) is 0 Å². The summed E-state index contributed by atoms with van der Waals surface area (Å²) in [5.74, 6) is -0.228. The molecule has 22 heavy (non-hydrogen) atoms. The summed E-state index contributed by atoms with van der Waals surface area (Å²) in [6, 6.07) is 4.73. The molecule has 0 bridgehead atoms. The fraction of sp³-hybridized carbons (Fsp3) is 0.467. The van der Waals surface area contributed by atoms with Crippen LogP contribution in [0.2, 0.25) is 10.0 Å². The smallest absolute Gasteiger partial charge is 0.261 e. The molecule has 122 valence electrons.